The predicted octanol–water partition coefficient (Wildman–Crippen LogP) is 2.81. The highest BCUT2D eigenvalue weighted by Gasteiger charge is 2.35. The molecule has 1 saturated heterocycles. The number of carbonyl (C=O) groups is 1. The van der Waals surface area contributed by atoms with Gasteiger partial charge in [0.2, 0.25) is 0 Å². The van der Waals surface area contributed by atoms with Crippen molar-refractivity contribution in [3.05, 3.63) is 59.1 Å². The lowest BCUT2D eigenvalue weighted by molar-refractivity contribution is -0.121. The summed E-state index contributed by atoms with van der Waals surface area (Å²) in [6, 6.07) is 15.0. The molecule has 2 aromatic rings. The van der Waals surface area contributed by atoms with Crippen molar-refractivity contribution in [2.75, 3.05) is 23.0 Å². The van der Waals surface area contributed by atoms with Gasteiger partial charge in [-0.25, -0.2) is 8.42 Å². The maximum absolute atomic E-state index is 12.9. The molecular weight excluding hydrogens is 388 g/mol. The number of rotatable bonds is 5. The number of ether oxygens (including phenoxy) is 1. The summed E-state index contributed by atoms with van der Waals surface area (Å²) < 4.78 is 29.3. The van der Waals surface area contributed by atoms with E-state index in [0.29, 0.717) is 17.7 Å². The molecule has 0 spiro atoms. The number of hydrogen-bond acceptors (Lipinski definition) is 5. The Morgan fingerprint density at radius 3 is 2.59 bits per heavy atom. The van der Waals surface area contributed by atoms with E-state index in [1.165, 1.54) is 17.0 Å². The Balaban J connectivity index is 1.79. The highest BCUT2D eigenvalue weighted by molar-refractivity contribution is 7.91. The summed E-state index contributed by atoms with van der Waals surface area (Å²) in [4.78, 5) is 14.3. The standard InChI is InChI=1S/C19H17ClN2O4S/c20-17-10-14(11-21)6-7-18(17)26-12-19(23)22(15-4-2-1-3-5-15)16-8-9-27(24,25)13-16/h1-7,10,16H,8-9,12-13H2/t16-/m0/s1. The summed E-state index contributed by atoms with van der Waals surface area (Å²) >= 11 is 6.07. The molecule has 1 fully saturated rings. The van der Waals surface area contributed by atoms with Crippen molar-refractivity contribution in [2.24, 2.45) is 0 Å². The zero-order valence-electron chi connectivity index (χ0n) is 14.3. The lowest BCUT2D eigenvalue weighted by Crippen LogP contribution is -2.43. The lowest BCUT2D eigenvalue weighted by atomic mass is 10.2. The SMILES string of the molecule is N#Cc1ccc(OCC(=O)N(c2ccccc2)[C@H]2CCS(=O)(=O)C2)c(Cl)c1. The smallest absolute Gasteiger partial charge is 0.265 e. The summed E-state index contributed by atoms with van der Waals surface area (Å²) in [6.45, 7) is -0.295. The normalized spacial score (nSPS) is 17.9. The van der Waals surface area contributed by atoms with E-state index in [9.17, 15) is 13.2 Å². The first-order valence-electron chi connectivity index (χ1n) is 8.29. The second-order valence-electron chi connectivity index (χ2n) is 6.20. The molecule has 8 heteroatoms. The quantitative estimate of drug-likeness (QED) is 0.764. The molecule has 140 valence electrons. The van der Waals surface area contributed by atoms with Gasteiger partial charge in [-0.1, -0.05) is 29.8 Å². The number of amides is 1. The number of halogens is 1. The van der Waals surface area contributed by atoms with E-state index in [1.54, 1.807) is 30.3 Å². The van der Waals surface area contributed by atoms with Crippen molar-refractivity contribution in [1.29, 1.82) is 5.26 Å². The van der Waals surface area contributed by atoms with Gasteiger partial charge in [0.15, 0.2) is 16.4 Å². The van der Waals surface area contributed by atoms with Crippen LogP contribution in [0.5, 0.6) is 5.75 Å². The number of hydrogen-bond donors (Lipinski definition) is 0. The number of anilines is 1. The third kappa shape index (κ3) is 4.59. The van der Waals surface area contributed by atoms with Crippen molar-refractivity contribution < 1.29 is 17.9 Å². The molecule has 0 N–H and O–H groups in total. The van der Waals surface area contributed by atoms with Gasteiger partial charge in [-0.3, -0.25) is 4.79 Å². The average Bonchev–Trinajstić information content (AvgIpc) is 3.01. The first-order chi connectivity index (χ1) is 12.9. The van der Waals surface area contributed by atoms with E-state index < -0.39 is 15.9 Å². The summed E-state index contributed by atoms with van der Waals surface area (Å²) in [5, 5.41) is 9.11. The fourth-order valence-corrected chi connectivity index (χ4v) is 4.96. The monoisotopic (exact) mass is 404 g/mol. The number of para-hydroxylation sites is 1. The Labute approximate surface area is 162 Å². The predicted molar refractivity (Wildman–Crippen MR) is 103 cm³/mol. The molecule has 0 unspecified atom stereocenters. The molecule has 1 heterocycles. The fraction of sp³-hybridized carbons (Fsp3) is 0.263. The second kappa shape index (κ2) is 7.99. The first kappa shape index (κ1) is 19.2. The van der Waals surface area contributed by atoms with Gasteiger partial charge in [0.25, 0.3) is 5.91 Å². The van der Waals surface area contributed by atoms with Crippen LogP contribution in [0.1, 0.15) is 12.0 Å². The first-order valence-corrected chi connectivity index (χ1v) is 10.5. The Morgan fingerprint density at radius 2 is 2.00 bits per heavy atom. The van der Waals surface area contributed by atoms with Crippen LogP contribution >= 0.6 is 11.6 Å². The van der Waals surface area contributed by atoms with Crippen LogP contribution in [0.3, 0.4) is 0 Å². The average molecular weight is 405 g/mol. The maximum atomic E-state index is 12.9. The number of nitrogens with zero attached hydrogens (tertiary/aromatic N) is 2. The Bertz CT molecular complexity index is 987. The van der Waals surface area contributed by atoms with Gasteiger partial charge in [0.05, 0.1) is 34.2 Å². The molecule has 0 aromatic heterocycles. The Morgan fingerprint density at radius 1 is 1.26 bits per heavy atom. The minimum absolute atomic E-state index is 0.0642. The molecule has 0 radical (unpaired) electrons. The van der Waals surface area contributed by atoms with E-state index in [4.69, 9.17) is 21.6 Å². The number of nitriles is 1. The van der Waals surface area contributed by atoms with E-state index in [-0.39, 0.29) is 34.8 Å². The topological polar surface area (TPSA) is 87.5 Å². The Kier molecular flexibility index (Phi) is 5.68. The molecule has 27 heavy (non-hydrogen) atoms. The van der Waals surface area contributed by atoms with E-state index in [1.807, 2.05) is 12.1 Å². The van der Waals surface area contributed by atoms with Crippen LogP contribution in [0.4, 0.5) is 5.69 Å². The van der Waals surface area contributed by atoms with Gasteiger partial charge in [0.1, 0.15) is 5.75 Å². The minimum atomic E-state index is -3.15. The van der Waals surface area contributed by atoms with Gasteiger partial charge in [-0.05, 0) is 36.8 Å². The number of sulfone groups is 1. The number of benzene rings is 2. The van der Waals surface area contributed by atoms with Gasteiger partial charge in [-0.15, -0.1) is 0 Å². The van der Waals surface area contributed by atoms with Crippen LogP contribution in [0.2, 0.25) is 5.02 Å². The van der Waals surface area contributed by atoms with Crippen LogP contribution in [0.25, 0.3) is 0 Å². The van der Waals surface area contributed by atoms with E-state index >= 15 is 0 Å². The molecule has 0 saturated carbocycles. The van der Waals surface area contributed by atoms with Crippen molar-refractivity contribution in [3.63, 3.8) is 0 Å². The molecule has 1 atom stereocenters. The third-order valence-electron chi connectivity index (χ3n) is 4.29. The summed E-state index contributed by atoms with van der Waals surface area (Å²) in [7, 11) is -3.15. The molecular formula is C19H17ClN2O4S. The van der Waals surface area contributed by atoms with E-state index in [0.717, 1.165) is 0 Å². The van der Waals surface area contributed by atoms with Crippen LogP contribution in [-0.4, -0.2) is 38.5 Å². The van der Waals surface area contributed by atoms with Crippen molar-refractivity contribution in [3.8, 4) is 11.8 Å². The van der Waals surface area contributed by atoms with Crippen molar-refractivity contribution in [2.45, 2.75) is 12.5 Å². The highest BCUT2D eigenvalue weighted by atomic mass is 35.5. The van der Waals surface area contributed by atoms with Crippen molar-refractivity contribution >= 4 is 33.0 Å². The molecule has 1 aliphatic heterocycles. The summed E-state index contributed by atoms with van der Waals surface area (Å²) in [5.41, 5.74) is 1.01. The molecule has 6 nitrogen and oxygen atoms in total. The second-order valence-corrected chi connectivity index (χ2v) is 8.84. The zero-order chi connectivity index (χ0) is 19.4. The van der Waals surface area contributed by atoms with Gasteiger partial charge in [-0.2, -0.15) is 5.26 Å². The molecule has 3 rings (SSSR count). The highest BCUT2D eigenvalue weighted by Crippen LogP contribution is 2.27. The molecule has 0 bridgehead atoms. The van der Waals surface area contributed by atoms with Crippen LogP contribution in [0, 0.1) is 11.3 Å². The van der Waals surface area contributed by atoms with Crippen LogP contribution in [0.15, 0.2) is 48.5 Å². The minimum Gasteiger partial charge on any atom is -0.482 e. The van der Waals surface area contributed by atoms with Gasteiger partial charge < -0.3 is 9.64 Å². The summed E-state index contributed by atoms with van der Waals surface area (Å²) in [5.74, 6) is -0.0678. The third-order valence-corrected chi connectivity index (χ3v) is 6.33. The van der Waals surface area contributed by atoms with Crippen LogP contribution < -0.4 is 9.64 Å². The van der Waals surface area contributed by atoms with Gasteiger partial charge in [0, 0.05) is 5.69 Å². The lowest BCUT2D eigenvalue weighted by Gasteiger charge is -2.28. The molecule has 0 aliphatic carbocycles. The van der Waals surface area contributed by atoms with Gasteiger partial charge >= 0.3 is 0 Å². The number of carbonyl (C=O) groups excluding carboxylic acids is 1. The zero-order valence-corrected chi connectivity index (χ0v) is 15.9. The largest absolute Gasteiger partial charge is 0.482 e. The van der Waals surface area contributed by atoms with Crippen molar-refractivity contribution in [1.82, 2.24) is 0 Å². The van der Waals surface area contributed by atoms with Crippen LogP contribution in [-0.2, 0) is 14.6 Å². The Hall–Kier alpha value is -2.56. The van der Waals surface area contributed by atoms with E-state index in [2.05, 4.69) is 0 Å². The fourth-order valence-electron chi connectivity index (χ4n) is 3.02. The molecule has 1 aliphatic rings. The summed E-state index contributed by atoms with van der Waals surface area (Å²) in [6.07, 6.45) is 0.389. The molecule has 1 amide bonds. The molecule has 2 aromatic carbocycles. The maximum Gasteiger partial charge on any atom is 0.265 e.